The van der Waals surface area contributed by atoms with E-state index >= 15 is 0 Å². The molecule has 0 saturated carbocycles. The molecule has 0 unspecified atom stereocenters. The standard InChI is InChI=1S/C18H21N5O3.C17H17F2N5O4/c1-11(2)12-5-7-13(8-6-12)20-14(24)9-23-10-19-16-15(23)17(25)22(4)18(26)21(16)3;1-17(18,19)28-11-6-4-10(5-7-11)21-12(25)8-24-9-20-14-13(24)15(26)23(3)16(27)22(14)2/h5-8,10-11H,9H2,1-4H3,(H,20,24);4-7,9H,8H2,1-3H3,(H,21,25). The Morgan fingerprint density at radius 2 is 1.07 bits per heavy atom. The summed E-state index contributed by atoms with van der Waals surface area (Å²) < 4.78 is 37.3. The monoisotopic (exact) mass is 748 g/mol. The van der Waals surface area contributed by atoms with Crippen molar-refractivity contribution in [3.05, 3.63) is 108 Å². The first-order chi connectivity index (χ1) is 25.4. The van der Waals surface area contributed by atoms with Crippen LogP contribution in [0.3, 0.4) is 0 Å². The third-order valence-corrected chi connectivity index (χ3v) is 8.36. The molecule has 17 nitrogen and oxygen atoms in total. The summed E-state index contributed by atoms with van der Waals surface area (Å²) in [6.07, 6.45) is -0.613. The van der Waals surface area contributed by atoms with Crippen LogP contribution in [0.5, 0.6) is 5.75 Å². The lowest BCUT2D eigenvalue weighted by Gasteiger charge is -2.13. The highest BCUT2D eigenvalue weighted by Crippen LogP contribution is 2.23. The Kier molecular flexibility index (Phi) is 10.8. The van der Waals surface area contributed by atoms with Gasteiger partial charge in [-0.05, 0) is 47.9 Å². The molecule has 0 fully saturated rings. The second-order valence-electron chi connectivity index (χ2n) is 12.8. The normalized spacial score (nSPS) is 11.4. The Labute approximate surface area is 304 Å². The van der Waals surface area contributed by atoms with E-state index in [4.69, 9.17) is 0 Å². The number of aromatic nitrogens is 8. The molecule has 54 heavy (non-hydrogen) atoms. The fourth-order valence-electron chi connectivity index (χ4n) is 5.51. The number of hydrogen-bond donors (Lipinski definition) is 2. The molecule has 0 radical (unpaired) electrons. The number of halogens is 2. The number of benzene rings is 2. The van der Waals surface area contributed by atoms with Gasteiger partial charge in [-0.3, -0.25) is 37.4 Å². The zero-order valence-electron chi connectivity index (χ0n) is 30.5. The lowest BCUT2D eigenvalue weighted by atomic mass is 10.0. The molecule has 0 bridgehead atoms. The van der Waals surface area contributed by atoms with E-state index in [1.165, 1.54) is 88.9 Å². The van der Waals surface area contributed by atoms with Crippen LogP contribution in [0.25, 0.3) is 22.3 Å². The van der Waals surface area contributed by atoms with Gasteiger partial charge in [0.2, 0.25) is 11.8 Å². The average molecular weight is 749 g/mol. The summed E-state index contributed by atoms with van der Waals surface area (Å²) in [6.45, 7) is 4.53. The Hall–Kier alpha value is -6.66. The van der Waals surface area contributed by atoms with Crippen LogP contribution in [-0.2, 0) is 50.9 Å². The van der Waals surface area contributed by atoms with E-state index in [-0.39, 0.29) is 47.1 Å². The highest BCUT2D eigenvalue weighted by Gasteiger charge is 2.23. The molecule has 0 spiro atoms. The first kappa shape index (κ1) is 38.6. The molecule has 284 valence electrons. The van der Waals surface area contributed by atoms with Crippen molar-refractivity contribution in [3.63, 3.8) is 0 Å². The summed E-state index contributed by atoms with van der Waals surface area (Å²) >= 11 is 0. The Bertz CT molecular complexity index is 2610. The maximum Gasteiger partial charge on any atom is 0.394 e. The van der Waals surface area contributed by atoms with E-state index in [9.17, 15) is 37.5 Å². The Balaban J connectivity index is 0.000000208. The summed E-state index contributed by atoms with van der Waals surface area (Å²) in [6, 6.07) is 13.1. The quantitative estimate of drug-likeness (QED) is 0.223. The van der Waals surface area contributed by atoms with E-state index in [0.29, 0.717) is 24.2 Å². The summed E-state index contributed by atoms with van der Waals surface area (Å²) in [5.74, 6) is -0.377. The first-order valence-electron chi connectivity index (χ1n) is 16.4. The van der Waals surface area contributed by atoms with Gasteiger partial charge in [-0.1, -0.05) is 26.0 Å². The highest BCUT2D eigenvalue weighted by molar-refractivity contribution is 5.92. The molecule has 0 aliphatic rings. The van der Waals surface area contributed by atoms with Gasteiger partial charge in [0.1, 0.15) is 18.8 Å². The summed E-state index contributed by atoms with van der Waals surface area (Å²) in [7, 11) is 5.76. The number of nitrogens with one attached hydrogen (secondary N) is 2. The lowest BCUT2D eigenvalue weighted by Crippen LogP contribution is -2.37. The van der Waals surface area contributed by atoms with Crippen LogP contribution < -0.4 is 37.9 Å². The van der Waals surface area contributed by atoms with Gasteiger partial charge in [-0.2, -0.15) is 8.78 Å². The smallest absolute Gasteiger partial charge is 0.394 e. The van der Waals surface area contributed by atoms with E-state index in [1.807, 2.05) is 24.3 Å². The molecule has 2 N–H and O–H groups in total. The van der Waals surface area contributed by atoms with Crippen molar-refractivity contribution in [2.75, 3.05) is 10.6 Å². The number of carbonyl (C=O) groups is 2. The van der Waals surface area contributed by atoms with Crippen LogP contribution in [0.15, 0.2) is 80.4 Å². The zero-order valence-corrected chi connectivity index (χ0v) is 30.5. The highest BCUT2D eigenvalue weighted by atomic mass is 19.3. The number of imidazole rings is 2. The fourth-order valence-corrected chi connectivity index (χ4v) is 5.51. The summed E-state index contributed by atoms with van der Waals surface area (Å²) in [4.78, 5) is 81.4. The van der Waals surface area contributed by atoms with E-state index in [1.54, 1.807) is 0 Å². The third kappa shape index (κ3) is 8.19. The predicted molar refractivity (Wildman–Crippen MR) is 196 cm³/mol. The van der Waals surface area contributed by atoms with Crippen LogP contribution in [0.2, 0.25) is 0 Å². The summed E-state index contributed by atoms with van der Waals surface area (Å²) in [5, 5.41) is 5.39. The number of alkyl halides is 2. The number of aryl methyl sites for hydroxylation is 2. The minimum Gasteiger partial charge on any atom is -0.433 e. The van der Waals surface area contributed by atoms with Gasteiger partial charge in [-0.15, -0.1) is 0 Å². The molecular weight excluding hydrogens is 710 g/mol. The van der Waals surface area contributed by atoms with Crippen molar-refractivity contribution < 1.29 is 23.1 Å². The molecule has 2 amide bonds. The number of anilines is 2. The number of ether oxygens (including phenoxy) is 1. The zero-order chi connectivity index (χ0) is 39.6. The SMILES string of the molecule is CC(C)c1ccc(NC(=O)Cn2cnc3c2c(=O)n(C)c(=O)n3C)cc1.Cn1c(=O)c2c(ncn2CC(=O)Nc2ccc(OC(C)(F)F)cc2)n(C)c1=O. The van der Waals surface area contributed by atoms with E-state index < -0.39 is 34.5 Å². The van der Waals surface area contributed by atoms with Crippen LogP contribution >= 0.6 is 0 Å². The second-order valence-corrected chi connectivity index (χ2v) is 12.8. The second kappa shape index (κ2) is 15.1. The molecule has 19 heteroatoms. The van der Waals surface area contributed by atoms with Gasteiger partial charge in [0.15, 0.2) is 22.3 Å². The minimum absolute atomic E-state index is 0.0458. The molecule has 0 atom stereocenters. The fraction of sp³-hybridized carbons (Fsp3) is 0.314. The molecule has 2 aromatic carbocycles. The first-order valence-corrected chi connectivity index (χ1v) is 16.4. The molecule has 4 heterocycles. The molecule has 4 aromatic heterocycles. The van der Waals surface area contributed by atoms with Crippen LogP contribution in [0.1, 0.15) is 32.3 Å². The molecule has 0 aliphatic carbocycles. The largest absolute Gasteiger partial charge is 0.433 e. The molecular formula is C35H38F2N10O7. The topological polar surface area (TPSA) is 191 Å². The lowest BCUT2D eigenvalue weighted by molar-refractivity contribution is -0.159. The van der Waals surface area contributed by atoms with Crippen LogP contribution in [-0.4, -0.2) is 55.3 Å². The maximum absolute atomic E-state index is 12.8. The maximum atomic E-state index is 12.8. The minimum atomic E-state index is -3.31. The van der Waals surface area contributed by atoms with Crippen molar-refractivity contribution in [2.24, 2.45) is 28.2 Å². The van der Waals surface area contributed by atoms with Crippen molar-refractivity contribution in [1.29, 1.82) is 0 Å². The van der Waals surface area contributed by atoms with Crippen LogP contribution in [0.4, 0.5) is 20.2 Å². The Morgan fingerprint density at radius 1 is 0.685 bits per heavy atom. The van der Waals surface area contributed by atoms with Gasteiger partial charge in [0.25, 0.3) is 11.1 Å². The van der Waals surface area contributed by atoms with Crippen molar-refractivity contribution in [2.45, 2.75) is 45.9 Å². The van der Waals surface area contributed by atoms with Crippen molar-refractivity contribution >= 4 is 45.5 Å². The third-order valence-electron chi connectivity index (χ3n) is 8.36. The average Bonchev–Trinajstić information content (AvgIpc) is 3.73. The van der Waals surface area contributed by atoms with Crippen molar-refractivity contribution in [1.82, 2.24) is 37.4 Å². The van der Waals surface area contributed by atoms with Gasteiger partial charge >= 0.3 is 17.5 Å². The summed E-state index contributed by atoms with van der Waals surface area (Å²) in [5.41, 5.74) is 0.983. The van der Waals surface area contributed by atoms with Crippen LogP contribution in [0, 0.1) is 0 Å². The van der Waals surface area contributed by atoms with E-state index in [2.05, 4.69) is 39.2 Å². The van der Waals surface area contributed by atoms with Crippen molar-refractivity contribution in [3.8, 4) is 5.75 Å². The number of rotatable bonds is 9. The molecule has 0 saturated heterocycles. The molecule has 6 aromatic rings. The van der Waals surface area contributed by atoms with Gasteiger partial charge in [-0.25, -0.2) is 19.6 Å². The van der Waals surface area contributed by atoms with Gasteiger partial charge in [0.05, 0.1) is 12.7 Å². The predicted octanol–water partition coefficient (Wildman–Crippen LogP) is 2.26. The number of fused-ring (bicyclic) bond motifs is 2. The number of carbonyl (C=O) groups excluding carboxylic acids is 2. The molecule has 0 aliphatic heterocycles. The number of amides is 2. The number of nitrogens with zero attached hydrogens (tertiary/aromatic N) is 8. The van der Waals surface area contributed by atoms with Gasteiger partial charge in [0, 0.05) is 46.5 Å². The van der Waals surface area contributed by atoms with Gasteiger partial charge < -0.3 is 24.5 Å². The number of hydrogen-bond acceptors (Lipinski definition) is 9. The Morgan fingerprint density at radius 3 is 1.44 bits per heavy atom. The van der Waals surface area contributed by atoms with E-state index in [0.717, 1.165) is 9.13 Å². The molecule has 6 rings (SSSR count).